The highest BCUT2D eigenvalue weighted by atomic mass is 16.5. The lowest BCUT2D eigenvalue weighted by atomic mass is 10.1. The third-order valence-electron chi connectivity index (χ3n) is 2.94. The number of nitrogens with one attached hydrogen (secondary N) is 1. The lowest BCUT2D eigenvalue weighted by Crippen LogP contribution is -2.46. The second-order valence-corrected chi connectivity index (χ2v) is 4.59. The van der Waals surface area contributed by atoms with Gasteiger partial charge in [-0.1, -0.05) is 0 Å². The molecule has 3 N–H and O–H groups in total. The minimum Gasteiger partial charge on any atom is -0.383 e. The van der Waals surface area contributed by atoms with Crippen LogP contribution in [0.5, 0.6) is 0 Å². The van der Waals surface area contributed by atoms with Gasteiger partial charge in [-0.05, 0) is 20.3 Å². The number of ether oxygens (including phenoxy) is 1. The Hall–Kier alpha value is -0.650. The Bertz CT molecular complexity index is 233. The number of carbonyl (C=O) groups is 1. The van der Waals surface area contributed by atoms with Gasteiger partial charge in [0.25, 0.3) is 0 Å². The summed E-state index contributed by atoms with van der Waals surface area (Å²) in [7, 11) is 1.62. The molecule has 0 aromatic rings. The first-order chi connectivity index (χ1) is 7.56. The molecule has 2 atom stereocenters. The Balaban J connectivity index is 2.46. The van der Waals surface area contributed by atoms with Crippen LogP contribution in [-0.2, 0) is 9.53 Å². The van der Waals surface area contributed by atoms with Crippen molar-refractivity contribution in [3.8, 4) is 0 Å². The highest BCUT2D eigenvalue weighted by Gasteiger charge is 2.36. The molecule has 0 saturated carbocycles. The van der Waals surface area contributed by atoms with Crippen LogP contribution >= 0.6 is 0 Å². The summed E-state index contributed by atoms with van der Waals surface area (Å²) in [5, 5.41) is 2.87. The lowest BCUT2D eigenvalue weighted by Gasteiger charge is -2.27. The molecule has 16 heavy (non-hydrogen) atoms. The van der Waals surface area contributed by atoms with Crippen molar-refractivity contribution in [1.82, 2.24) is 10.2 Å². The molecule has 5 heteroatoms. The molecule has 1 aliphatic heterocycles. The SMILES string of the molecule is COCCNC(=O)[C@@H]1C[C@H](N)CN1C(C)C. The molecule has 1 fully saturated rings. The Morgan fingerprint density at radius 2 is 2.31 bits per heavy atom. The van der Waals surface area contributed by atoms with Crippen molar-refractivity contribution in [1.29, 1.82) is 0 Å². The average Bonchev–Trinajstić information content (AvgIpc) is 2.61. The third-order valence-corrected chi connectivity index (χ3v) is 2.94. The second-order valence-electron chi connectivity index (χ2n) is 4.59. The van der Waals surface area contributed by atoms with Gasteiger partial charge >= 0.3 is 0 Å². The lowest BCUT2D eigenvalue weighted by molar-refractivity contribution is -0.126. The first-order valence-electron chi connectivity index (χ1n) is 5.84. The standard InChI is InChI=1S/C11H23N3O2/c1-8(2)14-7-9(12)6-10(14)11(15)13-4-5-16-3/h8-10H,4-7,12H2,1-3H3,(H,13,15)/t9-,10-/m0/s1. The zero-order chi connectivity index (χ0) is 12.1. The number of rotatable bonds is 5. The molecule has 1 saturated heterocycles. The molecule has 1 amide bonds. The van der Waals surface area contributed by atoms with E-state index in [-0.39, 0.29) is 18.0 Å². The highest BCUT2D eigenvalue weighted by molar-refractivity contribution is 5.82. The molecule has 0 aromatic carbocycles. The zero-order valence-electron chi connectivity index (χ0n) is 10.4. The first-order valence-corrected chi connectivity index (χ1v) is 5.84. The first kappa shape index (κ1) is 13.4. The van der Waals surface area contributed by atoms with E-state index >= 15 is 0 Å². The summed E-state index contributed by atoms with van der Waals surface area (Å²) in [6, 6.07) is 0.388. The minimum absolute atomic E-state index is 0.0682. The van der Waals surface area contributed by atoms with Gasteiger partial charge < -0.3 is 15.8 Å². The Labute approximate surface area is 97.3 Å². The maximum atomic E-state index is 11.9. The van der Waals surface area contributed by atoms with E-state index in [9.17, 15) is 4.79 Å². The normalized spacial score (nSPS) is 26.3. The number of amides is 1. The van der Waals surface area contributed by atoms with Crippen molar-refractivity contribution in [2.75, 3.05) is 26.8 Å². The van der Waals surface area contributed by atoms with Crippen LogP contribution in [0, 0.1) is 0 Å². The number of hydrogen-bond donors (Lipinski definition) is 2. The fourth-order valence-electron chi connectivity index (χ4n) is 2.12. The number of hydrogen-bond acceptors (Lipinski definition) is 4. The number of nitrogens with two attached hydrogens (primary N) is 1. The van der Waals surface area contributed by atoms with Gasteiger partial charge in [0.05, 0.1) is 12.6 Å². The van der Waals surface area contributed by atoms with E-state index in [2.05, 4.69) is 24.1 Å². The van der Waals surface area contributed by atoms with Crippen LogP contribution in [0.15, 0.2) is 0 Å². The maximum Gasteiger partial charge on any atom is 0.237 e. The Morgan fingerprint density at radius 1 is 1.62 bits per heavy atom. The molecule has 0 radical (unpaired) electrons. The number of methoxy groups -OCH3 is 1. The largest absolute Gasteiger partial charge is 0.383 e. The van der Waals surface area contributed by atoms with Gasteiger partial charge in [0, 0.05) is 32.3 Å². The minimum atomic E-state index is -0.0770. The highest BCUT2D eigenvalue weighted by Crippen LogP contribution is 2.19. The monoisotopic (exact) mass is 229 g/mol. The predicted octanol–water partition coefficient (Wildman–Crippen LogP) is -0.441. The predicted molar refractivity (Wildman–Crippen MR) is 63.1 cm³/mol. The number of carbonyl (C=O) groups excluding carboxylic acids is 1. The summed E-state index contributed by atoms with van der Waals surface area (Å²) in [6.07, 6.45) is 0.747. The molecule has 1 rings (SSSR count). The zero-order valence-corrected chi connectivity index (χ0v) is 10.4. The van der Waals surface area contributed by atoms with E-state index in [1.165, 1.54) is 0 Å². The van der Waals surface area contributed by atoms with E-state index in [1.807, 2.05) is 0 Å². The van der Waals surface area contributed by atoms with Gasteiger partial charge in [-0.3, -0.25) is 9.69 Å². The van der Waals surface area contributed by atoms with Gasteiger partial charge in [-0.2, -0.15) is 0 Å². The topological polar surface area (TPSA) is 67.6 Å². The molecule has 1 heterocycles. The van der Waals surface area contributed by atoms with E-state index in [4.69, 9.17) is 10.5 Å². The van der Waals surface area contributed by atoms with Gasteiger partial charge in [-0.25, -0.2) is 0 Å². The summed E-state index contributed by atoms with van der Waals surface area (Å²) in [5.74, 6) is 0.0682. The van der Waals surface area contributed by atoms with Gasteiger partial charge in [0.2, 0.25) is 5.91 Å². The summed E-state index contributed by atoms with van der Waals surface area (Å²) < 4.78 is 4.90. The third kappa shape index (κ3) is 3.43. The quantitative estimate of drug-likeness (QED) is 0.627. The Kier molecular flexibility index (Phi) is 5.18. The van der Waals surface area contributed by atoms with Crippen LogP contribution in [0.4, 0.5) is 0 Å². The second kappa shape index (κ2) is 6.18. The molecule has 0 unspecified atom stereocenters. The smallest absolute Gasteiger partial charge is 0.237 e. The van der Waals surface area contributed by atoms with E-state index in [1.54, 1.807) is 7.11 Å². The molecule has 5 nitrogen and oxygen atoms in total. The van der Waals surface area contributed by atoms with Crippen molar-refractivity contribution in [2.45, 2.75) is 38.4 Å². The summed E-state index contributed by atoms with van der Waals surface area (Å²) >= 11 is 0. The summed E-state index contributed by atoms with van der Waals surface area (Å²) in [5.41, 5.74) is 5.90. The fourth-order valence-corrected chi connectivity index (χ4v) is 2.12. The van der Waals surface area contributed by atoms with Crippen LogP contribution in [-0.4, -0.2) is 55.7 Å². The average molecular weight is 229 g/mol. The molecular weight excluding hydrogens is 206 g/mol. The van der Waals surface area contributed by atoms with Crippen molar-refractivity contribution in [3.05, 3.63) is 0 Å². The molecule has 0 spiro atoms. The van der Waals surface area contributed by atoms with E-state index in [0.717, 1.165) is 13.0 Å². The van der Waals surface area contributed by atoms with Crippen LogP contribution in [0.3, 0.4) is 0 Å². The van der Waals surface area contributed by atoms with E-state index < -0.39 is 0 Å². The number of nitrogens with zero attached hydrogens (tertiary/aromatic N) is 1. The molecule has 0 bridgehead atoms. The van der Waals surface area contributed by atoms with Gasteiger partial charge in [0.15, 0.2) is 0 Å². The van der Waals surface area contributed by atoms with Crippen LogP contribution in [0.25, 0.3) is 0 Å². The van der Waals surface area contributed by atoms with E-state index in [0.29, 0.717) is 19.2 Å². The summed E-state index contributed by atoms with van der Waals surface area (Å²) in [6.45, 7) is 6.10. The van der Waals surface area contributed by atoms with Crippen LogP contribution in [0.2, 0.25) is 0 Å². The molecule has 1 aliphatic rings. The molecular formula is C11H23N3O2. The Morgan fingerprint density at radius 3 is 2.88 bits per heavy atom. The molecule has 94 valence electrons. The van der Waals surface area contributed by atoms with Crippen molar-refractivity contribution in [3.63, 3.8) is 0 Å². The molecule has 0 aliphatic carbocycles. The number of likely N-dealkylation sites (tertiary alicyclic amines) is 1. The van der Waals surface area contributed by atoms with Crippen molar-refractivity contribution < 1.29 is 9.53 Å². The van der Waals surface area contributed by atoms with Crippen LogP contribution < -0.4 is 11.1 Å². The van der Waals surface area contributed by atoms with Gasteiger partial charge in [0.1, 0.15) is 0 Å². The van der Waals surface area contributed by atoms with Crippen molar-refractivity contribution >= 4 is 5.91 Å². The molecule has 0 aromatic heterocycles. The maximum absolute atomic E-state index is 11.9. The van der Waals surface area contributed by atoms with Crippen molar-refractivity contribution in [2.24, 2.45) is 5.73 Å². The van der Waals surface area contributed by atoms with Gasteiger partial charge in [-0.15, -0.1) is 0 Å². The summed E-state index contributed by atoms with van der Waals surface area (Å²) in [4.78, 5) is 14.1. The van der Waals surface area contributed by atoms with Crippen LogP contribution in [0.1, 0.15) is 20.3 Å². The fraction of sp³-hybridized carbons (Fsp3) is 0.909.